The van der Waals surface area contributed by atoms with Gasteiger partial charge in [-0.05, 0) is 53.2 Å². The van der Waals surface area contributed by atoms with Gasteiger partial charge < -0.3 is 4.74 Å². The molecule has 0 amide bonds. The molecular weight excluding hydrogens is 366 g/mol. The first-order chi connectivity index (χ1) is 10.4. The van der Waals surface area contributed by atoms with E-state index in [9.17, 15) is 8.42 Å². The lowest BCUT2D eigenvalue weighted by Crippen LogP contribution is -2.40. The fraction of sp³-hybridized carbons (Fsp3) is 0.625. The molecule has 1 aliphatic carbocycles. The summed E-state index contributed by atoms with van der Waals surface area (Å²) in [6.07, 6.45) is 5.14. The molecule has 0 unspecified atom stereocenters. The monoisotopic (exact) mass is 389 g/mol. The van der Waals surface area contributed by atoms with Crippen LogP contribution in [0.2, 0.25) is 0 Å². The van der Waals surface area contributed by atoms with Gasteiger partial charge in [0.1, 0.15) is 5.75 Å². The summed E-state index contributed by atoms with van der Waals surface area (Å²) in [7, 11) is -3.51. The van der Waals surface area contributed by atoms with Crippen LogP contribution in [0, 0.1) is 5.92 Å². The van der Waals surface area contributed by atoms with Gasteiger partial charge in [-0.25, -0.2) is 13.1 Å². The van der Waals surface area contributed by atoms with Gasteiger partial charge in [-0.2, -0.15) is 0 Å². The second kappa shape index (κ2) is 7.79. The van der Waals surface area contributed by atoms with Crippen LogP contribution in [0.1, 0.15) is 46.0 Å². The number of hydrogen-bond donors (Lipinski definition) is 1. The fourth-order valence-corrected chi connectivity index (χ4v) is 4.49. The SMILES string of the molecule is CCCOc1cc(S(=O)(=O)N[C@H]2CCCC[C@@H]2C)ccc1Br. The molecule has 1 aliphatic rings. The largest absolute Gasteiger partial charge is 0.492 e. The Morgan fingerprint density at radius 3 is 2.73 bits per heavy atom. The van der Waals surface area contributed by atoms with E-state index in [1.807, 2.05) is 6.92 Å². The molecule has 1 saturated carbocycles. The quantitative estimate of drug-likeness (QED) is 0.796. The number of sulfonamides is 1. The zero-order valence-corrected chi connectivity index (χ0v) is 15.5. The molecule has 4 nitrogen and oxygen atoms in total. The van der Waals surface area contributed by atoms with Crippen molar-refractivity contribution in [3.63, 3.8) is 0 Å². The molecule has 2 rings (SSSR count). The summed E-state index contributed by atoms with van der Waals surface area (Å²) in [5, 5.41) is 0. The Morgan fingerprint density at radius 1 is 1.32 bits per heavy atom. The highest BCUT2D eigenvalue weighted by Crippen LogP contribution is 2.29. The van der Waals surface area contributed by atoms with Crippen LogP contribution in [0.15, 0.2) is 27.6 Å². The Hall–Kier alpha value is -0.590. The highest BCUT2D eigenvalue weighted by atomic mass is 79.9. The molecule has 0 aliphatic heterocycles. The second-order valence-corrected chi connectivity index (χ2v) is 8.50. The third-order valence-corrected chi connectivity index (χ3v) is 6.24. The van der Waals surface area contributed by atoms with Crippen LogP contribution in [0.25, 0.3) is 0 Å². The minimum Gasteiger partial charge on any atom is -0.492 e. The maximum absolute atomic E-state index is 12.6. The number of ether oxygens (including phenoxy) is 1. The third-order valence-electron chi connectivity index (χ3n) is 4.09. The van der Waals surface area contributed by atoms with Gasteiger partial charge in [0.05, 0.1) is 16.0 Å². The molecule has 2 atom stereocenters. The van der Waals surface area contributed by atoms with Crippen LogP contribution in [0.3, 0.4) is 0 Å². The molecule has 0 bridgehead atoms. The van der Waals surface area contributed by atoms with Crippen LogP contribution in [-0.2, 0) is 10.0 Å². The Kier molecular flexibility index (Phi) is 6.29. The smallest absolute Gasteiger partial charge is 0.240 e. The molecule has 0 aromatic heterocycles. The number of benzene rings is 1. The van der Waals surface area contributed by atoms with E-state index in [0.29, 0.717) is 18.3 Å². The molecule has 0 radical (unpaired) electrons. The predicted octanol–water partition coefficient (Wildman–Crippen LogP) is 4.09. The molecule has 1 aromatic carbocycles. The first kappa shape index (κ1) is 17.8. The molecule has 0 heterocycles. The van der Waals surface area contributed by atoms with Gasteiger partial charge >= 0.3 is 0 Å². The zero-order valence-electron chi connectivity index (χ0n) is 13.1. The lowest BCUT2D eigenvalue weighted by atomic mass is 9.87. The Bertz CT molecular complexity index is 603. The van der Waals surface area contributed by atoms with Gasteiger partial charge in [-0.15, -0.1) is 0 Å². The van der Waals surface area contributed by atoms with Crippen LogP contribution in [-0.4, -0.2) is 21.1 Å². The average Bonchev–Trinajstić information content (AvgIpc) is 2.48. The van der Waals surface area contributed by atoms with Crippen LogP contribution >= 0.6 is 15.9 Å². The average molecular weight is 390 g/mol. The first-order valence-electron chi connectivity index (χ1n) is 7.88. The van der Waals surface area contributed by atoms with Crippen LogP contribution in [0.5, 0.6) is 5.75 Å². The number of rotatable bonds is 6. The molecule has 1 aromatic rings. The van der Waals surface area contributed by atoms with Gasteiger partial charge in [0.25, 0.3) is 0 Å². The van der Waals surface area contributed by atoms with E-state index in [2.05, 4.69) is 27.6 Å². The van der Waals surface area contributed by atoms with E-state index in [-0.39, 0.29) is 10.9 Å². The maximum Gasteiger partial charge on any atom is 0.240 e. The Morgan fingerprint density at radius 2 is 2.05 bits per heavy atom. The number of hydrogen-bond acceptors (Lipinski definition) is 3. The number of halogens is 1. The van der Waals surface area contributed by atoms with E-state index in [1.54, 1.807) is 18.2 Å². The van der Waals surface area contributed by atoms with Gasteiger partial charge in [-0.1, -0.05) is 26.7 Å². The van der Waals surface area contributed by atoms with Gasteiger partial charge in [0.2, 0.25) is 10.0 Å². The van der Waals surface area contributed by atoms with E-state index in [4.69, 9.17) is 4.74 Å². The Balaban J connectivity index is 2.17. The van der Waals surface area contributed by atoms with Crippen molar-refractivity contribution >= 4 is 26.0 Å². The molecule has 6 heteroatoms. The summed E-state index contributed by atoms with van der Waals surface area (Å²) in [6, 6.07) is 4.96. The zero-order chi connectivity index (χ0) is 16.2. The van der Waals surface area contributed by atoms with Crippen molar-refractivity contribution in [2.45, 2.75) is 56.9 Å². The summed E-state index contributed by atoms with van der Waals surface area (Å²) in [5.41, 5.74) is 0. The highest BCUT2D eigenvalue weighted by Gasteiger charge is 2.27. The van der Waals surface area contributed by atoms with Gasteiger partial charge in [0.15, 0.2) is 0 Å². The summed E-state index contributed by atoms with van der Waals surface area (Å²) in [5.74, 6) is 0.955. The molecular formula is C16H24BrNO3S. The van der Waals surface area contributed by atoms with E-state index in [1.165, 1.54) is 6.42 Å². The summed E-state index contributed by atoms with van der Waals surface area (Å²) in [6.45, 7) is 4.69. The lowest BCUT2D eigenvalue weighted by Gasteiger charge is -2.29. The molecule has 0 saturated heterocycles. The second-order valence-electron chi connectivity index (χ2n) is 5.93. The van der Waals surface area contributed by atoms with Crippen molar-refractivity contribution in [2.24, 2.45) is 5.92 Å². The molecule has 1 N–H and O–H groups in total. The summed E-state index contributed by atoms with van der Waals surface area (Å²) >= 11 is 3.40. The van der Waals surface area contributed by atoms with Gasteiger partial charge in [0, 0.05) is 12.1 Å². The van der Waals surface area contributed by atoms with Crippen molar-refractivity contribution < 1.29 is 13.2 Å². The minimum atomic E-state index is -3.51. The van der Waals surface area contributed by atoms with Crippen molar-refractivity contribution in [2.75, 3.05) is 6.61 Å². The van der Waals surface area contributed by atoms with Crippen LogP contribution < -0.4 is 9.46 Å². The highest BCUT2D eigenvalue weighted by molar-refractivity contribution is 9.10. The topological polar surface area (TPSA) is 55.4 Å². The van der Waals surface area contributed by atoms with Crippen molar-refractivity contribution in [1.29, 1.82) is 0 Å². The minimum absolute atomic E-state index is 0.0300. The molecule has 124 valence electrons. The first-order valence-corrected chi connectivity index (χ1v) is 10.2. The lowest BCUT2D eigenvalue weighted by molar-refractivity contribution is 0.309. The predicted molar refractivity (Wildman–Crippen MR) is 91.7 cm³/mol. The molecule has 0 spiro atoms. The van der Waals surface area contributed by atoms with Crippen molar-refractivity contribution in [3.05, 3.63) is 22.7 Å². The van der Waals surface area contributed by atoms with Gasteiger partial charge in [-0.3, -0.25) is 0 Å². The Labute approximate surface area is 141 Å². The van der Waals surface area contributed by atoms with E-state index < -0.39 is 10.0 Å². The van der Waals surface area contributed by atoms with E-state index >= 15 is 0 Å². The maximum atomic E-state index is 12.6. The van der Waals surface area contributed by atoms with Crippen molar-refractivity contribution in [1.82, 2.24) is 4.72 Å². The third kappa shape index (κ3) is 4.46. The van der Waals surface area contributed by atoms with E-state index in [0.717, 1.165) is 30.2 Å². The summed E-state index contributed by atoms with van der Waals surface area (Å²) in [4.78, 5) is 0.263. The van der Waals surface area contributed by atoms with Crippen molar-refractivity contribution in [3.8, 4) is 5.75 Å². The molecule has 22 heavy (non-hydrogen) atoms. The molecule has 1 fully saturated rings. The normalized spacial score (nSPS) is 22.5. The van der Waals surface area contributed by atoms with Crippen LogP contribution in [0.4, 0.5) is 0 Å². The number of nitrogens with one attached hydrogen (secondary N) is 1. The summed E-state index contributed by atoms with van der Waals surface area (Å²) < 4.78 is 34.4. The fourth-order valence-electron chi connectivity index (χ4n) is 2.73. The standard InChI is InChI=1S/C16H24BrNO3S/c1-3-10-21-16-11-13(8-9-14(16)17)22(19,20)18-15-7-5-4-6-12(15)2/h8-9,11-12,15,18H,3-7,10H2,1-2H3/t12-,15-/m0/s1.